The van der Waals surface area contributed by atoms with Crippen LogP contribution in [0.25, 0.3) is 0 Å². The van der Waals surface area contributed by atoms with Crippen LogP contribution in [0.15, 0.2) is 6.07 Å². The molecule has 0 aliphatic heterocycles. The van der Waals surface area contributed by atoms with E-state index in [-0.39, 0.29) is 5.82 Å². The number of hydrogen-bond acceptors (Lipinski definition) is 4. The number of carbonyl (C=O) groups is 1. The van der Waals surface area contributed by atoms with Crippen molar-refractivity contribution in [2.45, 2.75) is 20.3 Å². The highest BCUT2D eigenvalue weighted by Gasteiger charge is 2.11. The summed E-state index contributed by atoms with van der Waals surface area (Å²) in [4.78, 5) is 20.5. The van der Waals surface area contributed by atoms with E-state index < -0.39 is 5.97 Å². The third-order valence-electron chi connectivity index (χ3n) is 1.98. The minimum absolute atomic E-state index is 0.145. The van der Waals surface area contributed by atoms with Gasteiger partial charge in [0.2, 0.25) is 5.82 Å². The fraction of sp³-hybridized carbons (Fsp3) is 0.500. The van der Waals surface area contributed by atoms with Crippen LogP contribution >= 0.6 is 0 Å². The van der Waals surface area contributed by atoms with Gasteiger partial charge in [-0.05, 0) is 13.3 Å². The molecule has 0 bridgehead atoms. The minimum Gasteiger partial charge on any atom is -0.475 e. The normalized spacial score (nSPS) is 10.1. The Hall–Kier alpha value is -1.65. The van der Waals surface area contributed by atoms with E-state index in [0.717, 1.165) is 13.0 Å². The number of carboxylic acids is 1. The molecule has 1 N–H and O–H groups in total. The van der Waals surface area contributed by atoms with Gasteiger partial charge in [0.05, 0.1) is 0 Å². The molecule has 0 aliphatic carbocycles. The van der Waals surface area contributed by atoms with Crippen LogP contribution in [0.4, 0.5) is 5.82 Å². The van der Waals surface area contributed by atoms with Crippen LogP contribution in [0.5, 0.6) is 0 Å². The van der Waals surface area contributed by atoms with Crippen LogP contribution in [0.3, 0.4) is 0 Å². The molecule has 0 amide bonds. The SMILES string of the molecule is CCCN(C)c1cc(C)nc(C(=O)O)n1. The molecular weight excluding hydrogens is 194 g/mol. The van der Waals surface area contributed by atoms with Gasteiger partial charge >= 0.3 is 5.97 Å². The van der Waals surface area contributed by atoms with Crippen molar-refractivity contribution < 1.29 is 9.90 Å². The predicted molar refractivity (Wildman–Crippen MR) is 57.3 cm³/mol. The molecular formula is C10H15N3O2. The Bertz CT molecular complexity index is 366. The average Bonchev–Trinajstić information content (AvgIpc) is 2.17. The topological polar surface area (TPSA) is 66.3 Å². The van der Waals surface area contributed by atoms with Gasteiger partial charge in [-0.1, -0.05) is 6.92 Å². The lowest BCUT2D eigenvalue weighted by atomic mass is 10.3. The summed E-state index contributed by atoms with van der Waals surface area (Å²) in [5.74, 6) is -0.584. The van der Waals surface area contributed by atoms with Crippen LogP contribution in [0, 0.1) is 6.92 Å². The summed E-state index contributed by atoms with van der Waals surface area (Å²) >= 11 is 0. The molecule has 5 heteroatoms. The lowest BCUT2D eigenvalue weighted by Gasteiger charge is -2.17. The highest BCUT2D eigenvalue weighted by atomic mass is 16.4. The molecule has 0 aliphatic rings. The summed E-state index contributed by atoms with van der Waals surface area (Å²) in [5.41, 5.74) is 0.667. The first-order valence-electron chi connectivity index (χ1n) is 4.84. The second-order valence-electron chi connectivity index (χ2n) is 3.42. The summed E-state index contributed by atoms with van der Waals surface area (Å²) in [6.07, 6.45) is 0.988. The first kappa shape index (κ1) is 11.4. The van der Waals surface area contributed by atoms with Gasteiger partial charge in [0.15, 0.2) is 0 Å². The predicted octanol–water partition coefficient (Wildman–Crippen LogP) is 1.33. The molecule has 0 aromatic carbocycles. The van der Waals surface area contributed by atoms with Crippen molar-refractivity contribution in [2.24, 2.45) is 0 Å². The van der Waals surface area contributed by atoms with Gasteiger partial charge in [0.25, 0.3) is 0 Å². The molecule has 0 atom stereocenters. The summed E-state index contributed by atoms with van der Waals surface area (Å²) in [6, 6.07) is 1.78. The van der Waals surface area contributed by atoms with E-state index in [9.17, 15) is 4.79 Å². The largest absolute Gasteiger partial charge is 0.475 e. The van der Waals surface area contributed by atoms with E-state index in [1.54, 1.807) is 13.0 Å². The van der Waals surface area contributed by atoms with Crippen LogP contribution in [-0.4, -0.2) is 34.6 Å². The van der Waals surface area contributed by atoms with Crippen molar-refractivity contribution in [2.75, 3.05) is 18.5 Å². The fourth-order valence-electron chi connectivity index (χ4n) is 1.29. The number of anilines is 1. The van der Waals surface area contributed by atoms with Crippen LogP contribution in [0.2, 0.25) is 0 Å². The van der Waals surface area contributed by atoms with Crippen LogP contribution in [0.1, 0.15) is 29.7 Å². The molecule has 1 heterocycles. The molecule has 1 aromatic heterocycles. The molecule has 82 valence electrons. The van der Waals surface area contributed by atoms with E-state index >= 15 is 0 Å². The zero-order valence-electron chi connectivity index (χ0n) is 9.19. The number of carboxylic acid groups (broad SMARTS) is 1. The maximum absolute atomic E-state index is 10.7. The number of hydrogen-bond donors (Lipinski definition) is 1. The molecule has 0 fully saturated rings. The molecule has 1 rings (SSSR count). The molecule has 15 heavy (non-hydrogen) atoms. The van der Waals surface area contributed by atoms with Crippen molar-refractivity contribution in [3.8, 4) is 0 Å². The summed E-state index contributed by atoms with van der Waals surface area (Å²) in [7, 11) is 1.89. The number of aromatic carboxylic acids is 1. The minimum atomic E-state index is -1.09. The lowest BCUT2D eigenvalue weighted by molar-refractivity contribution is 0.0683. The zero-order chi connectivity index (χ0) is 11.4. The Kier molecular flexibility index (Phi) is 3.60. The van der Waals surface area contributed by atoms with Gasteiger partial charge in [0.1, 0.15) is 5.82 Å². The van der Waals surface area contributed by atoms with E-state index in [1.165, 1.54) is 0 Å². The summed E-state index contributed by atoms with van der Waals surface area (Å²) in [6.45, 7) is 4.66. The lowest BCUT2D eigenvalue weighted by Crippen LogP contribution is -2.21. The van der Waals surface area contributed by atoms with Gasteiger partial charge in [-0.3, -0.25) is 0 Å². The van der Waals surface area contributed by atoms with E-state index in [0.29, 0.717) is 11.5 Å². The zero-order valence-corrected chi connectivity index (χ0v) is 9.19. The first-order chi connectivity index (χ1) is 7.04. The van der Waals surface area contributed by atoms with E-state index in [2.05, 4.69) is 16.9 Å². The number of aromatic nitrogens is 2. The molecule has 0 saturated carbocycles. The standard InChI is InChI=1S/C10H15N3O2/c1-4-5-13(3)8-6-7(2)11-9(12-8)10(14)15/h6H,4-5H2,1-3H3,(H,14,15). The smallest absolute Gasteiger partial charge is 0.374 e. The van der Waals surface area contributed by atoms with Crippen molar-refractivity contribution in [3.05, 3.63) is 17.6 Å². The Balaban J connectivity index is 3.03. The van der Waals surface area contributed by atoms with Gasteiger partial charge in [-0.15, -0.1) is 0 Å². The van der Waals surface area contributed by atoms with Gasteiger partial charge in [-0.2, -0.15) is 0 Å². The van der Waals surface area contributed by atoms with Gasteiger partial charge < -0.3 is 10.0 Å². The van der Waals surface area contributed by atoms with Gasteiger partial charge in [0, 0.05) is 25.4 Å². The molecule has 0 radical (unpaired) electrons. The maximum Gasteiger partial charge on any atom is 0.374 e. The summed E-state index contributed by atoms with van der Waals surface area (Å²) in [5, 5.41) is 8.80. The maximum atomic E-state index is 10.7. The highest BCUT2D eigenvalue weighted by molar-refractivity contribution is 5.83. The number of rotatable bonds is 4. The Morgan fingerprint density at radius 3 is 2.73 bits per heavy atom. The second-order valence-corrected chi connectivity index (χ2v) is 3.42. The third kappa shape index (κ3) is 2.90. The Morgan fingerprint density at radius 2 is 2.20 bits per heavy atom. The van der Waals surface area contributed by atoms with Crippen molar-refractivity contribution in [1.29, 1.82) is 0 Å². The fourth-order valence-corrected chi connectivity index (χ4v) is 1.29. The quantitative estimate of drug-likeness (QED) is 0.810. The second kappa shape index (κ2) is 4.72. The van der Waals surface area contributed by atoms with Crippen molar-refractivity contribution in [1.82, 2.24) is 9.97 Å². The monoisotopic (exact) mass is 209 g/mol. The molecule has 0 unspecified atom stereocenters. The van der Waals surface area contributed by atoms with Crippen LogP contribution in [-0.2, 0) is 0 Å². The highest BCUT2D eigenvalue weighted by Crippen LogP contribution is 2.11. The van der Waals surface area contributed by atoms with E-state index in [1.807, 2.05) is 11.9 Å². The van der Waals surface area contributed by atoms with Crippen molar-refractivity contribution >= 4 is 11.8 Å². The van der Waals surface area contributed by atoms with Crippen molar-refractivity contribution in [3.63, 3.8) is 0 Å². The van der Waals surface area contributed by atoms with Gasteiger partial charge in [-0.25, -0.2) is 14.8 Å². The van der Waals surface area contributed by atoms with E-state index in [4.69, 9.17) is 5.11 Å². The molecule has 0 saturated heterocycles. The first-order valence-corrected chi connectivity index (χ1v) is 4.84. The third-order valence-corrected chi connectivity index (χ3v) is 1.98. The number of nitrogens with zero attached hydrogens (tertiary/aromatic N) is 3. The number of aryl methyl sites for hydroxylation is 1. The Morgan fingerprint density at radius 1 is 1.53 bits per heavy atom. The van der Waals surface area contributed by atoms with Crippen LogP contribution < -0.4 is 4.90 Å². The average molecular weight is 209 g/mol. The summed E-state index contributed by atoms with van der Waals surface area (Å²) < 4.78 is 0. The molecule has 5 nitrogen and oxygen atoms in total. The molecule has 1 aromatic rings. The molecule has 0 spiro atoms. The Labute approximate surface area is 88.8 Å².